The quantitative estimate of drug-likeness (QED) is 0.506. The van der Waals surface area contributed by atoms with Crippen LogP contribution in [0, 0.1) is 0 Å². The monoisotopic (exact) mass is 407 g/mol. The topological polar surface area (TPSA) is 77.0 Å². The average Bonchev–Trinajstić information content (AvgIpc) is 3.47. The summed E-state index contributed by atoms with van der Waals surface area (Å²) in [6, 6.07) is 14.5. The lowest BCUT2D eigenvalue weighted by Gasteiger charge is -2.19. The Balaban J connectivity index is 1.51. The van der Waals surface area contributed by atoms with E-state index in [0.717, 1.165) is 22.5 Å². The number of halogens is 2. The second-order valence-electron chi connectivity index (χ2n) is 6.90. The first kappa shape index (κ1) is 18.2. The highest BCUT2D eigenvalue weighted by molar-refractivity contribution is 6.12. The lowest BCUT2D eigenvalue weighted by Crippen LogP contribution is -2.23. The van der Waals surface area contributed by atoms with E-state index in [2.05, 4.69) is 15.3 Å². The summed E-state index contributed by atoms with van der Waals surface area (Å²) >= 11 is 0. The van der Waals surface area contributed by atoms with Gasteiger partial charge in [0.05, 0.1) is 17.9 Å². The van der Waals surface area contributed by atoms with Gasteiger partial charge in [-0.25, -0.2) is 0 Å². The van der Waals surface area contributed by atoms with E-state index >= 15 is 0 Å². The molecule has 2 aromatic heterocycles. The summed E-state index contributed by atoms with van der Waals surface area (Å²) in [6.45, 7) is 0.393. The molecule has 30 heavy (non-hydrogen) atoms. The van der Waals surface area contributed by atoms with E-state index in [1.54, 1.807) is 27.8 Å². The van der Waals surface area contributed by atoms with Crippen molar-refractivity contribution in [2.75, 3.05) is 4.90 Å². The van der Waals surface area contributed by atoms with E-state index in [1.165, 1.54) is 0 Å². The minimum Gasteiger partial charge on any atom is -0.415 e. The maximum Gasteiger partial charge on any atom is 0.314 e. The summed E-state index contributed by atoms with van der Waals surface area (Å²) in [7, 11) is 1.83. The minimum atomic E-state index is -2.85. The number of rotatable bonds is 4. The second kappa shape index (κ2) is 6.87. The number of alkyl halides is 2. The van der Waals surface area contributed by atoms with Crippen molar-refractivity contribution in [3.63, 3.8) is 0 Å². The van der Waals surface area contributed by atoms with Crippen LogP contribution in [0.2, 0.25) is 0 Å². The molecule has 0 N–H and O–H groups in total. The Morgan fingerprint density at radius 1 is 1.07 bits per heavy atom. The molecular weight excluding hydrogens is 392 g/mol. The summed E-state index contributed by atoms with van der Waals surface area (Å²) in [5.74, 6) is -0.986. The number of hydrogen-bond acceptors (Lipinski definition) is 5. The smallest absolute Gasteiger partial charge is 0.314 e. The number of anilines is 1. The first-order valence-corrected chi connectivity index (χ1v) is 9.17. The van der Waals surface area contributed by atoms with Crippen LogP contribution in [0.5, 0.6) is 0 Å². The summed E-state index contributed by atoms with van der Waals surface area (Å²) < 4.78 is 32.2. The zero-order valence-electron chi connectivity index (χ0n) is 15.8. The number of para-hydroxylation sites is 1. The molecule has 0 radical (unpaired) electrons. The number of carbonyl (C=O) groups excluding carboxylic acids is 1. The van der Waals surface area contributed by atoms with Gasteiger partial charge >= 0.3 is 6.43 Å². The van der Waals surface area contributed by atoms with Gasteiger partial charge in [0.25, 0.3) is 11.8 Å². The van der Waals surface area contributed by atoms with Crippen LogP contribution in [0.15, 0.2) is 59.1 Å². The maximum atomic E-state index is 13.2. The largest absolute Gasteiger partial charge is 0.415 e. The van der Waals surface area contributed by atoms with E-state index in [0.29, 0.717) is 17.7 Å². The van der Waals surface area contributed by atoms with Crippen molar-refractivity contribution in [1.29, 1.82) is 0 Å². The molecule has 5 rings (SSSR count). The summed E-state index contributed by atoms with van der Waals surface area (Å²) in [4.78, 5) is 14.9. The van der Waals surface area contributed by atoms with Gasteiger partial charge in [-0.2, -0.15) is 13.9 Å². The Kier molecular flexibility index (Phi) is 4.16. The van der Waals surface area contributed by atoms with Gasteiger partial charge in [-0.15, -0.1) is 10.2 Å². The number of amides is 1. The van der Waals surface area contributed by atoms with Crippen molar-refractivity contribution in [1.82, 2.24) is 20.0 Å². The van der Waals surface area contributed by atoms with Gasteiger partial charge in [0, 0.05) is 29.9 Å². The molecular formula is C21H15F2N5O2. The van der Waals surface area contributed by atoms with Crippen LogP contribution in [-0.4, -0.2) is 25.9 Å². The van der Waals surface area contributed by atoms with E-state index in [1.807, 2.05) is 43.6 Å². The molecule has 1 aliphatic rings. The Morgan fingerprint density at radius 2 is 1.90 bits per heavy atom. The van der Waals surface area contributed by atoms with Crippen molar-refractivity contribution < 1.29 is 18.0 Å². The van der Waals surface area contributed by atoms with Gasteiger partial charge < -0.3 is 9.32 Å². The van der Waals surface area contributed by atoms with Crippen LogP contribution >= 0.6 is 0 Å². The Hall–Kier alpha value is -3.88. The molecule has 1 aliphatic heterocycles. The standard InChI is InChI=1S/C21H15F2N5O2/c1-27-9-8-16(26-27)14-4-2-3-5-17(14)28-11-13-7-6-12(10-15(13)21(28)29)19-24-25-20(30-19)18(22)23/h2-10,18H,11H2,1H3. The van der Waals surface area contributed by atoms with Crippen molar-refractivity contribution in [2.24, 2.45) is 7.05 Å². The van der Waals surface area contributed by atoms with Gasteiger partial charge in [0.1, 0.15) is 0 Å². The lowest BCUT2D eigenvalue weighted by atomic mass is 10.1. The number of carbonyl (C=O) groups is 1. The molecule has 2 aromatic carbocycles. The fourth-order valence-corrected chi connectivity index (χ4v) is 3.55. The predicted octanol–water partition coefficient (Wildman–Crippen LogP) is 4.24. The van der Waals surface area contributed by atoms with E-state index in [4.69, 9.17) is 4.42 Å². The molecule has 4 aromatic rings. The van der Waals surface area contributed by atoms with Crippen LogP contribution in [0.4, 0.5) is 14.5 Å². The molecule has 0 fully saturated rings. The number of nitrogens with zero attached hydrogens (tertiary/aromatic N) is 5. The van der Waals surface area contributed by atoms with E-state index in [9.17, 15) is 13.6 Å². The van der Waals surface area contributed by atoms with Crippen molar-refractivity contribution >= 4 is 11.6 Å². The lowest BCUT2D eigenvalue weighted by molar-refractivity contribution is 0.0996. The maximum absolute atomic E-state index is 13.2. The molecule has 150 valence electrons. The third-order valence-corrected chi connectivity index (χ3v) is 4.97. The van der Waals surface area contributed by atoms with E-state index in [-0.39, 0.29) is 11.8 Å². The number of benzene rings is 2. The first-order chi connectivity index (χ1) is 14.5. The Morgan fingerprint density at radius 3 is 2.63 bits per heavy atom. The molecule has 0 saturated heterocycles. The van der Waals surface area contributed by atoms with Crippen molar-refractivity contribution in [3.8, 4) is 22.7 Å². The fraction of sp³-hybridized carbons (Fsp3) is 0.143. The van der Waals surface area contributed by atoms with Crippen molar-refractivity contribution in [2.45, 2.75) is 13.0 Å². The fourth-order valence-electron chi connectivity index (χ4n) is 3.55. The third-order valence-electron chi connectivity index (χ3n) is 4.97. The van der Waals surface area contributed by atoms with Crippen molar-refractivity contribution in [3.05, 3.63) is 71.7 Å². The van der Waals surface area contributed by atoms with Gasteiger partial charge in [-0.05, 0) is 29.8 Å². The van der Waals surface area contributed by atoms with Crippen LogP contribution in [0.25, 0.3) is 22.7 Å². The molecule has 0 bridgehead atoms. The molecule has 0 spiro atoms. The average molecular weight is 407 g/mol. The SMILES string of the molecule is Cn1ccc(-c2ccccc2N2Cc3ccc(-c4nnc(C(F)F)o4)cc3C2=O)n1. The second-order valence-corrected chi connectivity index (χ2v) is 6.90. The Bertz CT molecular complexity index is 1260. The molecule has 7 nitrogen and oxygen atoms in total. The first-order valence-electron chi connectivity index (χ1n) is 9.17. The summed E-state index contributed by atoms with van der Waals surface area (Å²) in [5.41, 5.74) is 4.08. The molecule has 1 amide bonds. The normalized spacial score (nSPS) is 13.3. The van der Waals surface area contributed by atoms with E-state index < -0.39 is 12.3 Å². The number of aromatic nitrogens is 4. The zero-order valence-corrected chi connectivity index (χ0v) is 15.8. The highest BCUT2D eigenvalue weighted by Gasteiger charge is 2.31. The zero-order chi connectivity index (χ0) is 20.8. The molecule has 0 unspecified atom stereocenters. The Labute approximate surface area is 169 Å². The van der Waals surface area contributed by atoms with Gasteiger partial charge in [-0.1, -0.05) is 24.3 Å². The van der Waals surface area contributed by atoms with Gasteiger partial charge in [-0.3, -0.25) is 9.48 Å². The summed E-state index contributed by atoms with van der Waals surface area (Å²) in [6.07, 6.45) is -1.00. The highest BCUT2D eigenvalue weighted by Crippen LogP contribution is 2.36. The van der Waals surface area contributed by atoms with Crippen LogP contribution in [-0.2, 0) is 13.6 Å². The summed E-state index contributed by atoms with van der Waals surface area (Å²) in [5, 5.41) is 11.5. The molecule has 9 heteroatoms. The number of hydrogen-bond donors (Lipinski definition) is 0. The number of aryl methyl sites for hydroxylation is 1. The molecule has 3 heterocycles. The molecule has 0 saturated carbocycles. The third kappa shape index (κ3) is 2.95. The van der Waals surface area contributed by atoms with Gasteiger partial charge in [0.15, 0.2) is 0 Å². The molecule has 0 aliphatic carbocycles. The predicted molar refractivity (Wildman–Crippen MR) is 104 cm³/mol. The van der Waals surface area contributed by atoms with Crippen LogP contribution < -0.4 is 4.90 Å². The molecule has 0 atom stereocenters. The van der Waals surface area contributed by atoms with Crippen LogP contribution in [0.1, 0.15) is 28.2 Å². The number of fused-ring (bicyclic) bond motifs is 1. The van der Waals surface area contributed by atoms with Gasteiger partial charge in [0.2, 0.25) is 5.89 Å². The highest BCUT2D eigenvalue weighted by atomic mass is 19.3. The minimum absolute atomic E-state index is 0.0479. The van der Waals surface area contributed by atoms with Crippen LogP contribution in [0.3, 0.4) is 0 Å².